The number of halogens is 1. The Labute approximate surface area is 133 Å². The van der Waals surface area contributed by atoms with Crippen molar-refractivity contribution in [2.24, 2.45) is 0 Å². The van der Waals surface area contributed by atoms with Gasteiger partial charge in [0, 0.05) is 28.8 Å². The maximum Gasteiger partial charge on any atom is 0.337 e. The van der Waals surface area contributed by atoms with E-state index in [9.17, 15) is 9.59 Å². The Morgan fingerprint density at radius 2 is 2.05 bits per heavy atom. The molecule has 0 bridgehead atoms. The van der Waals surface area contributed by atoms with Gasteiger partial charge in [-0.2, -0.15) is 0 Å². The van der Waals surface area contributed by atoms with Crippen LogP contribution in [0.25, 0.3) is 11.1 Å². The first-order valence-corrected chi connectivity index (χ1v) is 7.07. The molecule has 1 heterocycles. The Kier molecular flexibility index (Phi) is 5.12. The number of anilines is 1. The number of benzene rings is 1. The maximum atomic E-state index is 11.6. The van der Waals surface area contributed by atoms with E-state index in [1.54, 1.807) is 43.5 Å². The van der Waals surface area contributed by atoms with Crippen LogP contribution in [0, 0.1) is 0 Å². The molecule has 0 radical (unpaired) electrons. The van der Waals surface area contributed by atoms with Gasteiger partial charge in [0.1, 0.15) is 5.82 Å². The second kappa shape index (κ2) is 7.04. The van der Waals surface area contributed by atoms with Crippen LogP contribution in [0.5, 0.6) is 0 Å². The lowest BCUT2D eigenvalue weighted by Crippen LogP contribution is -2.10. The monoisotopic (exact) mass is 318 g/mol. The number of hydrogen-bond acceptors (Lipinski definition) is 4. The summed E-state index contributed by atoms with van der Waals surface area (Å²) in [6.07, 6.45) is 1.98. The summed E-state index contributed by atoms with van der Waals surface area (Å²) in [5.41, 5.74) is 1.82. The first kappa shape index (κ1) is 16.0. The highest BCUT2D eigenvalue weighted by Crippen LogP contribution is 2.29. The summed E-state index contributed by atoms with van der Waals surface area (Å²) in [7, 11) is 1.32. The molecule has 0 spiro atoms. The highest BCUT2D eigenvalue weighted by atomic mass is 35.5. The SMILES string of the molecule is CCC(=O)Nc1ccc(-c2cc(C(=O)OC)ccc2Cl)cn1. The van der Waals surface area contributed by atoms with E-state index in [0.717, 1.165) is 5.56 Å². The van der Waals surface area contributed by atoms with Crippen LogP contribution in [0.15, 0.2) is 36.5 Å². The minimum absolute atomic E-state index is 0.106. The zero-order chi connectivity index (χ0) is 16.1. The molecule has 1 aromatic carbocycles. The van der Waals surface area contributed by atoms with Crippen molar-refractivity contribution in [3.05, 3.63) is 47.1 Å². The number of aromatic nitrogens is 1. The topological polar surface area (TPSA) is 68.3 Å². The normalized spacial score (nSPS) is 10.1. The van der Waals surface area contributed by atoms with Crippen molar-refractivity contribution >= 4 is 29.3 Å². The molecule has 0 fully saturated rings. The van der Waals surface area contributed by atoms with Gasteiger partial charge in [-0.15, -0.1) is 0 Å². The van der Waals surface area contributed by atoms with Crippen molar-refractivity contribution in [2.75, 3.05) is 12.4 Å². The molecule has 0 unspecified atom stereocenters. The molecule has 0 aliphatic carbocycles. The van der Waals surface area contributed by atoms with Crippen molar-refractivity contribution in [2.45, 2.75) is 13.3 Å². The molecule has 2 rings (SSSR count). The summed E-state index contributed by atoms with van der Waals surface area (Å²) < 4.78 is 4.70. The maximum absolute atomic E-state index is 11.6. The molecule has 1 N–H and O–H groups in total. The molecule has 0 aliphatic heterocycles. The number of amides is 1. The predicted octanol–water partition coefficient (Wildman–Crippen LogP) is 3.54. The summed E-state index contributed by atoms with van der Waals surface area (Å²) >= 11 is 6.18. The molecule has 114 valence electrons. The zero-order valence-electron chi connectivity index (χ0n) is 12.2. The minimum Gasteiger partial charge on any atom is -0.465 e. The van der Waals surface area contributed by atoms with Gasteiger partial charge in [-0.05, 0) is 30.3 Å². The summed E-state index contributed by atoms with van der Waals surface area (Å²) in [6.45, 7) is 1.77. The Balaban J connectivity index is 2.31. The van der Waals surface area contributed by atoms with Gasteiger partial charge in [-0.25, -0.2) is 9.78 Å². The fourth-order valence-electron chi connectivity index (χ4n) is 1.85. The van der Waals surface area contributed by atoms with Crippen molar-refractivity contribution < 1.29 is 14.3 Å². The van der Waals surface area contributed by atoms with E-state index < -0.39 is 5.97 Å². The first-order chi connectivity index (χ1) is 10.5. The summed E-state index contributed by atoms with van der Waals surface area (Å²) in [5.74, 6) is -0.0699. The zero-order valence-corrected chi connectivity index (χ0v) is 13.0. The molecule has 0 atom stereocenters. The molecule has 6 heteroatoms. The molecule has 1 aromatic heterocycles. The van der Waals surface area contributed by atoms with Crippen molar-refractivity contribution in [1.82, 2.24) is 4.98 Å². The largest absolute Gasteiger partial charge is 0.465 e. The predicted molar refractivity (Wildman–Crippen MR) is 84.9 cm³/mol. The van der Waals surface area contributed by atoms with Crippen LogP contribution in [-0.4, -0.2) is 24.0 Å². The Bertz CT molecular complexity index is 699. The third kappa shape index (κ3) is 3.62. The number of pyridine rings is 1. The average molecular weight is 319 g/mol. The van der Waals surface area contributed by atoms with E-state index in [2.05, 4.69) is 10.3 Å². The van der Waals surface area contributed by atoms with Crippen LogP contribution in [0.4, 0.5) is 5.82 Å². The van der Waals surface area contributed by atoms with E-state index in [0.29, 0.717) is 28.4 Å². The Morgan fingerprint density at radius 3 is 2.64 bits per heavy atom. The second-order valence-corrected chi connectivity index (χ2v) is 4.93. The molecule has 0 aliphatic rings. The number of carbonyl (C=O) groups excluding carboxylic acids is 2. The van der Waals surface area contributed by atoms with E-state index in [4.69, 9.17) is 16.3 Å². The fraction of sp³-hybridized carbons (Fsp3) is 0.188. The number of esters is 1. The highest BCUT2D eigenvalue weighted by molar-refractivity contribution is 6.33. The molecule has 0 saturated carbocycles. The number of nitrogens with one attached hydrogen (secondary N) is 1. The van der Waals surface area contributed by atoms with Gasteiger partial charge in [0.15, 0.2) is 0 Å². The molecule has 1 amide bonds. The third-order valence-electron chi connectivity index (χ3n) is 3.05. The minimum atomic E-state index is -0.433. The molecule has 2 aromatic rings. The smallest absolute Gasteiger partial charge is 0.337 e. The van der Waals surface area contributed by atoms with Crippen LogP contribution >= 0.6 is 11.6 Å². The highest BCUT2D eigenvalue weighted by Gasteiger charge is 2.11. The molecular formula is C16H15ClN2O3. The van der Waals surface area contributed by atoms with Gasteiger partial charge < -0.3 is 10.1 Å². The van der Waals surface area contributed by atoms with Gasteiger partial charge in [-0.3, -0.25) is 4.79 Å². The average Bonchev–Trinajstić information content (AvgIpc) is 2.55. The third-order valence-corrected chi connectivity index (χ3v) is 3.38. The quantitative estimate of drug-likeness (QED) is 0.875. The van der Waals surface area contributed by atoms with E-state index in [1.165, 1.54) is 7.11 Å². The van der Waals surface area contributed by atoms with E-state index >= 15 is 0 Å². The van der Waals surface area contributed by atoms with E-state index in [-0.39, 0.29) is 5.91 Å². The number of rotatable bonds is 4. The Morgan fingerprint density at radius 1 is 1.27 bits per heavy atom. The van der Waals surface area contributed by atoms with Gasteiger partial charge in [-0.1, -0.05) is 18.5 Å². The lowest BCUT2D eigenvalue weighted by atomic mass is 10.0. The van der Waals surface area contributed by atoms with Gasteiger partial charge in [0.25, 0.3) is 0 Å². The number of hydrogen-bond donors (Lipinski definition) is 1. The standard InChI is InChI=1S/C16H15ClN2O3/c1-3-15(20)19-14-7-5-11(9-18-14)12-8-10(16(21)22-2)4-6-13(12)17/h4-9H,3H2,1-2H3,(H,18,19,20). The summed E-state index contributed by atoms with van der Waals surface area (Å²) in [4.78, 5) is 27.1. The van der Waals surface area contributed by atoms with Crippen molar-refractivity contribution in [3.8, 4) is 11.1 Å². The molecule has 22 heavy (non-hydrogen) atoms. The van der Waals surface area contributed by atoms with Gasteiger partial charge >= 0.3 is 5.97 Å². The molecule has 0 saturated heterocycles. The van der Waals surface area contributed by atoms with Crippen LogP contribution in [-0.2, 0) is 9.53 Å². The molecule has 5 nitrogen and oxygen atoms in total. The van der Waals surface area contributed by atoms with Crippen molar-refractivity contribution in [1.29, 1.82) is 0 Å². The summed E-state index contributed by atoms with van der Waals surface area (Å²) in [6, 6.07) is 8.34. The van der Waals surface area contributed by atoms with E-state index in [1.807, 2.05) is 0 Å². The first-order valence-electron chi connectivity index (χ1n) is 6.69. The molecular weight excluding hydrogens is 304 g/mol. The van der Waals surface area contributed by atoms with Crippen molar-refractivity contribution in [3.63, 3.8) is 0 Å². The fourth-order valence-corrected chi connectivity index (χ4v) is 2.08. The van der Waals surface area contributed by atoms with Crippen LogP contribution in [0.3, 0.4) is 0 Å². The van der Waals surface area contributed by atoms with Gasteiger partial charge in [0.05, 0.1) is 12.7 Å². The van der Waals surface area contributed by atoms with Gasteiger partial charge in [0.2, 0.25) is 5.91 Å². The van der Waals surface area contributed by atoms with Crippen LogP contribution in [0.1, 0.15) is 23.7 Å². The number of carbonyl (C=O) groups is 2. The lowest BCUT2D eigenvalue weighted by Gasteiger charge is -2.08. The number of ether oxygens (including phenoxy) is 1. The second-order valence-electron chi connectivity index (χ2n) is 4.52. The number of nitrogens with zero attached hydrogens (tertiary/aromatic N) is 1. The Hall–Kier alpha value is -2.40. The number of methoxy groups -OCH3 is 1. The van der Waals surface area contributed by atoms with Crippen LogP contribution in [0.2, 0.25) is 5.02 Å². The summed E-state index contributed by atoms with van der Waals surface area (Å²) in [5, 5.41) is 3.17. The van der Waals surface area contributed by atoms with Crippen LogP contribution < -0.4 is 5.32 Å². The lowest BCUT2D eigenvalue weighted by molar-refractivity contribution is -0.115.